The normalized spacial score (nSPS) is 25.2. The fourth-order valence-corrected chi connectivity index (χ4v) is 5.66. The Labute approximate surface area is 199 Å². The van der Waals surface area contributed by atoms with Crippen LogP contribution in [0.1, 0.15) is 47.8 Å². The van der Waals surface area contributed by atoms with E-state index in [0.29, 0.717) is 23.6 Å². The van der Waals surface area contributed by atoms with Crippen LogP contribution in [0.5, 0.6) is 0 Å². The summed E-state index contributed by atoms with van der Waals surface area (Å²) in [5.74, 6) is 0.334. The van der Waals surface area contributed by atoms with Gasteiger partial charge in [-0.2, -0.15) is 0 Å². The molecule has 0 bridgehead atoms. The number of fused-ring (bicyclic) bond motifs is 1. The Balaban J connectivity index is 1.95. The third-order valence-electron chi connectivity index (χ3n) is 7.72. The van der Waals surface area contributed by atoms with E-state index < -0.39 is 22.9 Å². The van der Waals surface area contributed by atoms with Gasteiger partial charge in [-0.15, -0.1) is 0 Å². The standard InChI is InChI=1S/C22H42N6O3Si2/c1-21(2,3)32(7,8)29-11-14-15(23)17(31-33(9,10)22(4,5)6)20(30-14)28-13-27-16-18(24)25-12-26-19(16)28/h12-15,17,20H,11,23H2,1-10H3,(H2,24,25,26)/t14-,15?,17?,20-/m1/s1. The average Bonchev–Trinajstić information content (AvgIpc) is 3.21. The van der Waals surface area contributed by atoms with Crippen LogP contribution >= 0.6 is 0 Å². The summed E-state index contributed by atoms with van der Waals surface area (Å²) < 4.78 is 21.7. The minimum absolute atomic E-state index is 0.0244. The minimum atomic E-state index is -2.15. The molecular weight excluding hydrogens is 452 g/mol. The molecular formula is C22H42N6O3Si2. The van der Waals surface area contributed by atoms with Gasteiger partial charge in [0.15, 0.2) is 34.3 Å². The molecule has 0 radical (unpaired) electrons. The lowest BCUT2D eigenvalue weighted by Crippen LogP contribution is -2.52. The zero-order valence-electron chi connectivity index (χ0n) is 21.8. The summed E-state index contributed by atoms with van der Waals surface area (Å²) in [5, 5.41) is 0.123. The van der Waals surface area contributed by atoms with Crippen LogP contribution in [0, 0.1) is 0 Å². The summed E-state index contributed by atoms with van der Waals surface area (Å²) in [5.41, 5.74) is 14.0. The number of nitrogens with two attached hydrogens (primary N) is 2. The number of nitrogens with zero attached hydrogens (tertiary/aromatic N) is 4. The highest BCUT2D eigenvalue weighted by molar-refractivity contribution is 6.74. The van der Waals surface area contributed by atoms with Crippen molar-refractivity contribution in [3.8, 4) is 0 Å². The highest BCUT2D eigenvalue weighted by Crippen LogP contribution is 2.43. The molecule has 0 saturated carbocycles. The van der Waals surface area contributed by atoms with Crippen molar-refractivity contribution in [1.29, 1.82) is 0 Å². The summed E-state index contributed by atoms with van der Waals surface area (Å²) in [4.78, 5) is 12.9. The maximum absolute atomic E-state index is 6.84. The number of rotatable bonds is 6. The number of ether oxygens (including phenoxy) is 1. The predicted molar refractivity (Wildman–Crippen MR) is 137 cm³/mol. The van der Waals surface area contributed by atoms with Gasteiger partial charge in [-0.05, 0) is 36.3 Å². The lowest BCUT2D eigenvalue weighted by molar-refractivity contribution is -0.0445. The van der Waals surface area contributed by atoms with Crippen LogP contribution in [0.2, 0.25) is 36.3 Å². The average molecular weight is 495 g/mol. The fraction of sp³-hybridized carbons (Fsp3) is 0.773. The van der Waals surface area contributed by atoms with Crippen molar-refractivity contribution in [3.63, 3.8) is 0 Å². The van der Waals surface area contributed by atoms with Gasteiger partial charge in [0.25, 0.3) is 0 Å². The van der Waals surface area contributed by atoms with Crippen molar-refractivity contribution in [3.05, 3.63) is 12.7 Å². The summed E-state index contributed by atoms with van der Waals surface area (Å²) >= 11 is 0. The molecule has 3 rings (SSSR count). The molecule has 0 aliphatic carbocycles. The maximum Gasteiger partial charge on any atom is 0.192 e. The van der Waals surface area contributed by atoms with E-state index in [0.717, 1.165) is 0 Å². The van der Waals surface area contributed by atoms with Crippen molar-refractivity contribution >= 4 is 33.6 Å². The van der Waals surface area contributed by atoms with Crippen molar-refractivity contribution in [1.82, 2.24) is 19.5 Å². The monoisotopic (exact) mass is 494 g/mol. The van der Waals surface area contributed by atoms with E-state index in [1.54, 1.807) is 6.33 Å². The molecule has 2 aromatic heterocycles. The van der Waals surface area contributed by atoms with Crippen molar-refractivity contribution in [2.24, 2.45) is 5.73 Å². The molecule has 1 fully saturated rings. The molecule has 0 amide bonds. The first-order chi connectivity index (χ1) is 15.0. The number of nitrogen functional groups attached to an aromatic ring is 1. The zero-order chi connectivity index (χ0) is 25.0. The second kappa shape index (κ2) is 8.69. The van der Waals surface area contributed by atoms with Gasteiger partial charge in [-0.3, -0.25) is 4.57 Å². The van der Waals surface area contributed by atoms with E-state index in [-0.39, 0.29) is 28.3 Å². The first kappa shape index (κ1) is 26.2. The van der Waals surface area contributed by atoms with Gasteiger partial charge in [0, 0.05) is 0 Å². The van der Waals surface area contributed by atoms with Crippen LogP contribution in [0.3, 0.4) is 0 Å². The molecule has 33 heavy (non-hydrogen) atoms. The third-order valence-corrected chi connectivity index (χ3v) is 16.7. The first-order valence-electron chi connectivity index (χ1n) is 11.6. The molecule has 11 heteroatoms. The van der Waals surface area contributed by atoms with Gasteiger partial charge in [-0.25, -0.2) is 15.0 Å². The van der Waals surface area contributed by atoms with Crippen LogP contribution in [-0.2, 0) is 13.6 Å². The number of hydrogen-bond acceptors (Lipinski definition) is 8. The quantitative estimate of drug-likeness (QED) is 0.577. The fourth-order valence-electron chi connectivity index (χ4n) is 3.34. The highest BCUT2D eigenvalue weighted by Gasteiger charge is 2.50. The lowest BCUT2D eigenvalue weighted by atomic mass is 10.1. The number of aromatic nitrogens is 4. The molecule has 4 atom stereocenters. The smallest absolute Gasteiger partial charge is 0.192 e. The molecule has 1 aliphatic rings. The van der Waals surface area contributed by atoms with E-state index in [4.69, 9.17) is 25.1 Å². The highest BCUT2D eigenvalue weighted by atomic mass is 28.4. The van der Waals surface area contributed by atoms with Crippen molar-refractivity contribution in [2.75, 3.05) is 12.3 Å². The minimum Gasteiger partial charge on any atom is -0.414 e. The molecule has 186 valence electrons. The van der Waals surface area contributed by atoms with E-state index in [2.05, 4.69) is 82.7 Å². The molecule has 4 N–H and O–H groups in total. The Hall–Kier alpha value is -1.38. The Morgan fingerprint density at radius 1 is 1.00 bits per heavy atom. The number of hydrogen-bond donors (Lipinski definition) is 2. The number of imidazole rings is 1. The van der Waals surface area contributed by atoms with E-state index in [1.165, 1.54) is 6.33 Å². The van der Waals surface area contributed by atoms with Crippen molar-refractivity contribution < 1.29 is 13.6 Å². The topological polar surface area (TPSA) is 123 Å². The summed E-state index contributed by atoms with van der Waals surface area (Å²) in [7, 11) is -4.11. The summed E-state index contributed by atoms with van der Waals surface area (Å²) in [6, 6.07) is -0.356. The van der Waals surface area contributed by atoms with Crippen LogP contribution in [0.15, 0.2) is 12.7 Å². The van der Waals surface area contributed by atoms with Gasteiger partial charge >= 0.3 is 0 Å². The SMILES string of the molecule is CC(C)(C)[Si](C)(C)OC[C@H]1O[C@@H](n2cnc3c(N)ncnc32)C(O[Si](C)(C)C(C)(C)C)C1N. The Morgan fingerprint density at radius 2 is 1.61 bits per heavy atom. The molecule has 0 aromatic carbocycles. The predicted octanol–water partition coefficient (Wildman–Crippen LogP) is 4.05. The summed E-state index contributed by atoms with van der Waals surface area (Å²) in [6.07, 6.45) is 1.96. The molecule has 1 aliphatic heterocycles. The van der Waals surface area contributed by atoms with Crippen LogP contribution < -0.4 is 11.5 Å². The van der Waals surface area contributed by atoms with Crippen molar-refractivity contribution in [2.45, 2.75) is 102 Å². The number of anilines is 1. The summed E-state index contributed by atoms with van der Waals surface area (Å²) in [6.45, 7) is 22.7. The first-order valence-corrected chi connectivity index (χ1v) is 17.4. The van der Waals surface area contributed by atoms with Gasteiger partial charge in [0.1, 0.15) is 17.9 Å². The second-order valence-electron chi connectivity index (χ2n) is 12.1. The van der Waals surface area contributed by atoms with Gasteiger partial charge in [0.2, 0.25) is 0 Å². The van der Waals surface area contributed by atoms with Gasteiger partial charge in [0.05, 0.1) is 25.1 Å². The van der Waals surface area contributed by atoms with E-state index in [1.807, 2.05) is 4.57 Å². The second-order valence-corrected chi connectivity index (χ2v) is 21.7. The van der Waals surface area contributed by atoms with Gasteiger partial charge in [-0.1, -0.05) is 41.5 Å². The molecule has 9 nitrogen and oxygen atoms in total. The Morgan fingerprint density at radius 3 is 2.18 bits per heavy atom. The van der Waals surface area contributed by atoms with Crippen LogP contribution in [-0.4, -0.2) is 61.0 Å². The largest absolute Gasteiger partial charge is 0.414 e. The Kier molecular flexibility index (Phi) is 6.90. The molecule has 2 aromatic rings. The zero-order valence-corrected chi connectivity index (χ0v) is 23.8. The van der Waals surface area contributed by atoms with Crippen LogP contribution in [0.25, 0.3) is 11.2 Å². The lowest BCUT2D eigenvalue weighted by Gasteiger charge is -2.40. The molecule has 2 unspecified atom stereocenters. The third kappa shape index (κ3) is 5.03. The Bertz CT molecular complexity index is 983. The van der Waals surface area contributed by atoms with Gasteiger partial charge < -0.3 is 25.1 Å². The van der Waals surface area contributed by atoms with E-state index in [9.17, 15) is 0 Å². The maximum atomic E-state index is 6.84. The molecule has 3 heterocycles. The van der Waals surface area contributed by atoms with E-state index >= 15 is 0 Å². The molecule has 0 spiro atoms. The molecule has 1 saturated heterocycles. The van der Waals surface area contributed by atoms with Crippen LogP contribution in [0.4, 0.5) is 5.82 Å².